The highest BCUT2D eigenvalue weighted by Crippen LogP contribution is 2.25. The largest absolute Gasteiger partial charge is 0.461 e. The molecule has 2 aromatic heterocycles. The van der Waals surface area contributed by atoms with Crippen LogP contribution in [0.1, 0.15) is 11.1 Å². The number of aromatic nitrogens is 3. The first-order valence-corrected chi connectivity index (χ1v) is 11.3. The van der Waals surface area contributed by atoms with Gasteiger partial charge in [0.25, 0.3) is 0 Å². The molecule has 0 saturated carbocycles. The van der Waals surface area contributed by atoms with Crippen molar-refractivity contribution in [2.45, 2.75) is 18.3 Å². The van der Waals surface area contributed by atoms with Gasteiger partial charge in [-0.15, -0.1) is 10.2 Å². The Morgan fingerprint density at radius 1 is 0.939 bits per heavy atom. The van der Waals surface area contributed by atoms with Crippen LogP contribution in [-0.2, 0) is 27.5 Å². The van der Waals surface area contributed by atoms with Crippen LogP contribution in [0.15, 0.2) is 88.6 Å². The van der Waals surface area contributed by atoms with E-state index in [0.717, 1.165) is 11.1 Å². The van der Waals surface area contributed by atoms with E-state index in [4.69, 9.17) is 9.15 Å². The van der Waals surface area contributed by atoms with E-state index < -0.39 is 5.97 Å². The van der Waals surface area contributed by atoms with Gasteiger partial charge in [-0.2, -0.15) is 0 Å². The summed E-state index contributed by atoms with van der Waals surface area (Å²) in [5, 5.41) is 11.7. The Labute approximate surface area is 195 Å². The zero-order valence-electron chi connectivity index (χ0n) is 17.7. The van der Waals surface area contributed by atoms with Crippen molar-refractivity contribution in [3.05, 3.63) is 90.2 Å². The van der Waals surface area contributed by atoms with Crippen LogP contribution < -0.4 is 5.32 Å². The van der Waals surface area contributed by atoms with Crippen molar-refractivity contribution in [3.8, 4) is 11.6 Å². The smallest absolute Gasteiger partial charge is 0.325 e. The zero-order chi connectivity index (χ0) is 22.9. The van der Waals surface area contributed by atoms with Crippen LogP contribution in [0, 0.1) is 0 Å². The molecule has 0 radical (unpaired) electrons. The van der Waals surface area contributed by atoms with Crippen molar-refractivity contribution in [1.82, 2.24) is 20.1 Å². The molecule has 2 aromatic carbocycles. The Bertz CT molecular complexity index is 1180. The molecule has 2 heterocycles. The summed E-state index contributed by atoms with van der Waals surface area (Å²) in [5.41, 5.74) is 1.95. The van der Waals surface area contributed by atoms with Gasteiger partial charge >= 0.3 is 5.97 Å². The highest BCUT2D eigenvalue weighted by molar-refractivity contribution is 7.99. The number of nitrogens with zero attached hydrogens (tertiary/aromatic N) is 3. The molecule has 4 rings (SSSR count). The summed E-state index contributed by atoms with van der Waals surface area (Å²) in [6, 6.07) is 22.9. The monoisotopic (exact) mass is 462 g/mol. The summed E-state index contributed by atoms with van der Waals surface area (Å²) < 4.78 is 12.6. The first-order valence-electron chi connectivity index (χ1n) is 10.3. The predicted molar refractivity (Wildman–Crippen MR) is 123 cm³/mol. The summed E-state index contributed by atoms with van der Waals surface area (Å²) in [7, 11) is 0. The lowest BCUT2D eigenvalue weighted by atomic mass is 10.2. The van der Waals surface area contributed by atoms with Crippen molar-refractivity contribution >= 4 is 23.6 Å². The Balaban J connectivity index is 1.32. The van der Waals surface area contributed by atoms with Gasteiger partial charge in [-0.3, -0.25) is 14.2 Å². The van der Waals surface area contributed by atoms with Gasteiger partial charge in [0, 0.05) is 0 Å². The quantitative estimate of drug-likeness (QED) is 0.284. The molecule has 0 spiro atoms. The van der Waals surface area contributed by atoms with E-state index in [1.54, 1.807) is 12.3 Å². The minimum atomic E-state index is -0.496. The maximum absolute atomic E-state index is 12.3. The van der Waals surface area contributed by atoms with E-state index >= 15 is 0 Å². The molecule has 0 unspecified atom stereocenters. The van der Waals surface area contributed by atoms with Gasteiger partial charge in [-0.05, 0) is 23.3 Å². The number of carbonyl (C=O) groups is 2. The SMILES string of the molecule is O=C(CSc1nnc(-c2ccco2)n1Cc1ccccc1)NCC(=O)OCc1ccccc1. The molecule has 168 valence electrons. The van der Waals surface area contributed by atoms with Gasteiger partial charge in [0.05, 0.1) is 18.6 Å². The van der Waals surface area contributed by atoms with Gasteiger partial charge in [0.15, 0.2) is 10.9 Å². The van der Waals surface area contributed by atoms with Crippen LogP contribution >= 0.6 is 11.8 Å². The topological polar surface area (TPSA) is 99.3 Å². The van der Waals surface area contributed by atoms with E-state index in [1.807, 2.05) is 71.3 Å². The molecule has 1 amide bonds. The average molecular weight is 463 g/mol. The minimum absolute atomic E-state index is 0.0804. The van der Waals surface area contributed by atoms with Crippen LogP contribution in [0.4, 0.5) is 0 Å². The number of thioether (sulfide) groups is 1. The molecule has 0 aliphatic heterocycles. The van der Waals surface area contributed by atoms with Crippen molar-refractivity contribution in [2.24, 2.45) is 0 Å². The lowest BCUT2D eigenvalue weighted by Gasteiger charge is -2.10. The second-order valence-corrected chi connectivity index (χ2v) is 8.01. The number of nitrogens with one attached hydrogen (secondary N) is 1. The second kappa shape index (κ2) is 11.1. The number of ether oxygens (including phenoxy) is 1. The van der Waals surface area contributed by atoms with Gasteiger partial charge in [-0.1, -0.05) is 72.4 Å². The fourth-order valence-electron chi connectivity index (χ4n) is 3.03. The van der Waals surface area contributed by atoms with E-state index in [1.165, 1.54) is 11.8 Å². The second-order valence-electron chi connectivity index (χ2n) is 7.07. The standard InChI is InChI=1S/C24H22N4O4S/c29-21(25-14-22(30)32-16-19-10-5-2-6-11-19)17-33-24-27-26-23(20-12-7-13-31-20)28(24)15-18-8-3-1-4-9-18/h1-13H,14-17H2,(H,25,29). The lowest BCUT2D eigenvalue weighted by molar-refractivity contribution is -0.145. The number of hydrogen-bond donors (Lipinski definition) is 1. The maximum Gasteiger partial charge on any atom is 0.325 e. The Morgan fingerprint density at radius 3 is 2.36 bits per heavy atom. The van der Waals surface area contributed by atoms with Crippen molar-refractivity contribution in [1.29, 1.82) is 0 Å². The fourth-order valence-corrected chi connectivity index (χ4v) is 3.80. The third kappa shape index (κ3) is 6.33. The van der Waals surface area contributed by atoms with Crippen molar-refractivity contribution in [2.75, 3.05) is 12.3 Å². The van der Waals surface area contributed by atoms with Crippen molar-refractivity contribution in [3.63, 3.8) is 0 Å². The van der Waals surface area contributed by atoms with Crippen molar-refractivity contribution < 1.29 is 18.7 Å². The van der Waals surface area contributed by atoms with Gasteiger partial charge in [0.1, 0.15) is 13.2 Å². The average Bonchev–Trinajstić information content (AvgIpc) is 3.51. The van der Waals surface area contributed by atoms with Crippen LogP contribution in [0.25, 0.3) is 11.6 Å². The minimum Gasteiger partial charge on any atom is -0.461 e. The number of amides is 1. The molecular weight excluding hydrogens is 440 g/mol. The molecule has 0 saturated heterocycles. The summed E-state index contributed by atoms with van der Waals surface area (Å²) in [4.78, 5) is 24.2. The van der Waals surface area contributed by atoms with E-state index in [2.05, 4.69) is 15.5 Å². The highest BCUT2D eigenvalue weighted by Gasteiger charge is 2.18. The Morgan fingerprint density at radius 2 is 1.67 bits per heavy atom. The maximum atomic E-state index is 12.3. The Hall–Kier alpha value is -3.85. The first kappa shape index (κ1) is 22.3. The molecular formula is C24H22N4O4S. The molecule has 0 fully saturated rings. The van der Waals surface area contributed by atoms with Gasteiger partial charge < -0.3 is 14.5 Å². The highest BCUT2D eigenvalue weighted by atomic mass is 32.2. The lowest BCUT2D eigenvalue weighted by Crippen LogP contribution is -2.31. The van der Waals surface area contributed by atoms with E-state index in [0.29, 0.717) is 23.3 Å². The van der Waals surface area contributed by atoms with Gasteiger partial charge in [0.2, 0.25) is 11.7 Å². The molecule has 0 aliphatic rings. The van der Waals surface area contributed by atoms with Crippen LogP contribution in [0.3, 0.4) is 0 Å². The number of carbonyl (C=O) groups excluding carboxylic acids is 2. The summed E-state index contributed by atoms with van der Waals surface area (Å²) in [6.07, 6.45) is 1.58. The number of esters is 1. The summed E-state index contributed by atoms with van der Waals surface area (Å²) in [5.74, 6) is 0.457. The van der Waals surface area contributed by atoms with E-state index in [9.17, 15) is 9.59 Å². The first-order chi connectivity index (χ1) is 16.2. The summed E-state index contributed by atoms with van der Waals surface area (Å²) in [6.45, 7) is 0.503. The third-order valence-electron chi connectivity index (χ3n) is 4.65. The number of furan rings is 1. The molecule has 8 nitrogen and oxygen atoms in total. The number of benzene rings is 2. The molecule has 0 atom stereocenters. The molecule has 4 aromatic rings. The predicted octanol–water partition coefficient (Wildman–Crippen LogP) is 3.54. The Kier molecular flexibility index (Phi) is 7.55. The summed E-state index contributed by atoms with van der Waals surface area (Å²) >= 11 is 1.24. The molecule has 9 heteroatoms. The molecule has 0 aliphatic carbocycles. The molecule has 1 N–H and O–H groups in total. The third-order valence-corrected chi connectivity index (χ3v) is 5.61. The van der Waals surface area contributed by atoms with Crippen LogP contribution in [0.5, 0.6) is 0 Å². The number of rotatable bonds is 10. The molecule has 33 heavy (non-hydrogen) atoms. The zero-order valence-corrected chi connectivity index (χ0v) is 18.5. The van der Waals surface area contributed by atoms with Crippen LogP contribution in [-0.4, -0.2) is 38.9 Å². The fraction of sp³-hybridized carbons (Fsp3) is 0.167. The molecule has 0 bridgehead atoms. The normalized spacial score (nSPS) is 10.7. The van der Waals surface area contributed by atoms with Gasteiger partial charge in [-0.25, -0.2) is 0 Å². The number of hydrogen-bond acceptors (Lipinski definition) is 7. The van der Waals surface area contributed by atoms with Crippen LogP contribution in [0.2, 0.25) is 0 Å². The van der Waals surface area contributed by atoms with E-state index in [-0.39, 0.29) is 24.8 Å².